The summed E-state index contributed by atoms with van der Waals surface area (Å²) in [5.74, 6) is 0.852. The highest BCUT2D eigenvalue weighted by atomic mass is 14.9. The number of nitrogens with one attached hydrogen (secondary N) is 1. The van der Waals surface area contributed by atoms with Gasteiger partial charge in [0.05, 0.1) is 5.69 Å². The second-order valence-electron chi connectivity index (χ2n) is 4.76. The van der Waals surface area contributed by atoms with Crippen LogP contribution in [0.15, 0.2) is 18.6 Å². The summed E-state index contributed by atoms with van der Waals surface area (Å²) < 4.78 is 0. The highest BCUT2D eigenvalue weighted by molar-refractivity contribution is 4.94. The lowest BCUT2D eigenvalue weighted by atomic mass is 9.84. The number of aromatic nitrogens is 2. The molecule has 1 N–H and O–H groups in total. The quantitative estimate of drug-likeness (QED) is 0.845. The van der Waals surface area contributed by atoms with Gasteiger partial charge in [0, 0.05) is 31.2 Å². The van der Waals surface area contributed by atoms with E-state index in [4.69, 9.17) is 0 Å². The lowest BCUT2D eigenvalue weighted by molar-refractivity contribution is 0.280. The van der Waals surface area contributed by atoms with Crippen LogP contribution in [0.1, 0.15) is 44.7 Å². The van der Waals surface area contributed by atoms with Crippen molar-refractivity contribution >= 4 is 0 Å². The van der Waals surface area contributed by atoms with Gasteiger partial charge in [0.2, 0.25) is 0 Å². The van der Waals surface area contributed by atoms with Crippen molar-refractivity contribution in [3.8, 4) is 0 Å². The Labute approximate surface area is 97.7 Å². The van der Waals surface area contributed by atoms with Gasteiger partial charge in [-0.25, -0.2) is 0 Å². The summed E-state index contributed by atoms with van der Waals surface area (Å²) in [4.78, 5) is 8.34. The van der Waals surface area contributed by atoms with E-state index in [1.807, 2.05) is 6.20 Å². The Morgan fingerprint density at radius 1 is 1.31 bits per heavy atom. The van der Waals surface area contributed by atoms with Crippen molar-refractivity contribution in [1.82, 2.24) is 15.3 Å². The van der Waals surface area contributed by atoms with Crippen LogP contribution in [0.5, 0.6) is 0 Å². The number of hydrogen-bond acceptors (Lipinski definition) is 3. The van der Waals surface area contributed by atoms with E-state index in [2.05, 4.69) is 22.2 Å². The standard InChI is InChI=1S/C13H21N3/c1-11(12-5-3-2-4-6-12)16-10-13-9-14-7-8-15-13/h7-9,11-12,16H,2-6,10H2,1H3/t11-/m1/s1. The monoisotopic (exact) mass is 219 g/mol. The lowest BCUT2D eigenvalue weighted by Crippen LogP contribution is -2.34. The van der Waals surface area contributed by atoms with Gasteiger partial charge in [-0.1, -0.05) is 19.3 Å². The van der Waals surface area contributed by atoms with E-state index in [0.29, 0.717) is 6.04 Å². The van der Waals surface area contributed by atoms with Crippen LogP contribution in [0.25, 0.3) is 0 Å². The Kier molecular flexibility index (Phi) is 4.28. The van der Waals surface area contributed by atoms with Crippen molar-refractivity contribution < 1.29 is 0 Å². The van der Waals surface area contributed by atoms with Crippen molar-refractivity contribution in [2.45, 2.75) is 51.6 Å². The first kappa shape index (κ1) is 11.5. The summed E-state index contributed by atoms with van der Waals surface area (Å²) in [5, 5.41) is 3.57. The van der Waals surface area contributed by atoms with Gasteiger partial charge >= 0.3 is 0 Å². The van der Waals surface area contributed by atoms with Gasteiger partial charge in [-0.2, -0.15) is 0 Å². The molecular formula is C13H21N3. The maximum atomic E-state index is 4.27. The third-order valence-electron chi connectivity index (χ3n) is 3.58. The minimum absolute atomic E-state index is 0.599. The van der Waals surface area contributed by atoms with Crippen molar-refractivity contribution in [1.29, 1.82) is 0 Å². The van der Waals surface area contributed by atoms with Gasteiger partial charge in [0.15, 0.2) is 0 Å². The second kappa shape index (κ2) is 5.94. The molecule has 0 unspecified atom stereocenters. The van der Waals surface area contributed by atoms with Gasteiger partial charge in [0.1, 0.15) is 0 Å². The van der Waals surface area contributed by atoms with E-state index in [9.17, 15) is 0 Å². The largest absolute Gasteiger partial charge is 0.308 e. The Morgan fingerprint density at radius 2 is 2.12 bits per heavy atom. The molecule has 3 heteroatoms. The first-order valence-electron chi connectivity index (χ1n) is 6.34. The topological polar surface area (TPSA) is 37.8 Å². The van der Waals surface area contributed by atoms with Crippen LogP contribution in [0, 0.1) is 5.92 Å². The van der Waals surface area contributed by atoms with Crippen LogP contribution in [0.2, 0.25) is 0 Å². The van der Waals surface area contributed by atoms with Gasteiger partial charge in [-0.15, -0.1) is 0 Å². The molecule has 1 aromatic heterocycles. The van der Waals surface area contributed by atoms with Crippen molar-refractivity contribution in [3.63, 3.8) is 0 Å². The molecular weight excluding hydrogens is 198 g/mol. The minimum Gasteiger partial charge on any atom is -0.308 e. The lowest BCUT2D eigenvalue weighted by Gasteiger charge is -2.28. The number of rotatable bonds is 4. The van der Waals surface area contributed by atoms with Crippen molar-refractivity contribution in [2.75, 3.05) is 0 Å². The predicted octanol–water partition coefficient (Wildman–Crippen LogP) is 2.54. The molecule has 2 rings (SSSR count). The molecule has 3 nitrogen and oxygen atoms in total. The third-order valence-corrected chi connectivity index (χ3v) is 3.58. The molecule has 0 bridgehead atoms. The Hall–Kier alpha value is -0.960. The van der Waals surface area contributed by atoms with E-state index in [-0.39, 0.29) is 0 Å². The molecule has 1 aromatic rings. The molecule has 1 fully saturated rings. The van der Waals surface area contributed by atoms with Crippen LogP contribution >= 0.6 is 0 Å². The molecule has 0 amide bonds. The molecule has 1 aliphatic carbocycles. The first-order valence-corrected chi connectivity index (χ1v) is 6.34. The third kappa shape index (κ3) is 3.27. The van der Waals surface area contributed by atoms with Crippen molar-refractivity contribution in [3.05, 3.63) is 24.3 Å². The number of nitrogens with zero attached hydrogens (tertiary/aromatic N) is 2. The summed E-state index contributed by atoms with van der Waals surface area (Å²) in [7, 11) is 0. The molecule has 0 saturated heterocycles. The van der Waals surface area contributed by atoms with Crippen LogP contribution in [0.4, 0.5) is 0 Å². The maximum Gasteiger partial charge on any atom is 0.0724 e. The van der Waals surface area contributed by atoms with E-state index >= 15 is 0 Å². The van der Waals surface area contributed by atoms with Crippen LogP contribution < -0.4 is 5.32 Å². The summed E-state index contributed by atoms with van der Waals surface area (Å²) in [5.41, 5.74) is 1.03. The van der Waals surface area contributed by atoms with E-state index in [0.717, 1.165) is 18.2 Å². The van der Waals surface area contributed by atoms with Crippen LogP contribution in [-0.4, -0.2) is 16.0 Å². The fourth-order valence-corrected chi connectivity index (χ4v) is 2.49. The fraction of sp³-hybridized carbons (Fsp3) is 0.692. The van der Waals surface area contributed by atoms with E-state index in [1.165, 1.54) is 32.1 Å². The Balaban J connectivity index is 1.76. The highest BCUT2D eigenvalue weighted by Gasteiger charge is 2.19. The van der Waals surface area contributed by atoms with Crippen LogP contribution in [0.3, 0.4) is 0 Å². The van der Waals surface area contributed by atoms with Crippen molar-refractivity contribution in [2.24, 2.45) is 5.92 Å². The summed E-state index contributed by atoms with van der Waals surface area (Å²) in [6.07, 6.45) is 12.3. The highest BCUT2D eigenvalue weighted by Crippen LogP contribution is 2.26. The predicted molar refractivity (Wildman–Crippen MR) is 64.9 cm³/mol. The van der Waals surface area contributed by atoms with E-state index < -0.39 is 0 Å². The minimum atomic E-state index is 0.599. The Bertz CT molecular complexity index is 293. The maximum absolute atomic E-state index is 4.27. The molecule has 1 aliphatic rings. The summed E-state index contributed by atoms with van der Waals surface area (Å²) in [6, 6.07) is 0.599. The van der Waals surface area contributed by atoms with Gasteiger partial charge in [-0.05, 0) is 25.7 Å². The smallest absolute Gasteiger partial charge is 0.0724 e. The molecule has 0 aromatic carbocycles. The van der Waals surface area contributed by atoms with Gasteiger partial charge < -0.3 is 5.32 Å². The van der Waals surface area contributed by atoms with Gasteiger partial charge in [0.25, 0.3) is 0 Å². The zero-order valence-electron chi connectivity index (χ0n) is 10.0. The molecule has 0 spiro atoms. The molecule has 0 aliphatic heterocycles. The summed E-state index contributed by atoms with van der Waals surface area (Å²) >= 11 is 0. The molecule has 16 heavy (non-hydrogen) atoms. The van der Waals surface area contributed by atoms with Gasteiger partial charge in [-0.3, -0.25) is 9.97 Å². The fourth-order valence-electron chi connectivity index (χ4n) is 2.49. The zero-order chi connectivity index (χ0) is 11.2. The second-order valence-corrected chi connectivity index (χ2v) is 4.76. The average Bonchev–Trinajstić information content (AvgIpc) is 2.38. The number of hydrogen-bond donors (Lipinski definition) is 1. The molecule has 1 saturated carbocycles. The molecule has 1 heterocycles. The first-order chi connectivity index (χ1) is 7.86. The van der Waals surface area contributed by atoms with Crippen LogP contribution in [-0.2, 0) is 6.54 Å². The van der Waals surface area contributed by atoms with E-state index in [1.54, 1.807) is 12.4 Å². The molecule has 88 valence electrons. The normalized spacial score (nSPS) is 19.6. The molecule has 1 atom stereocenters. The zero-order valence-corrected chi connectivity index (χ0v) is 10.0. The summed E-state index contributed by atoms with van der Waals surface area (Å²) in [6.45, 7) is 3.14. The molecule has 0 radical (unpaired) electrons. The Morgan fingerprint density at radius 3 is 2.81 bits per heavy atom. The average molecular weight is 219 g/mol. The SMILES string of the molecule is C[C@@H](NCc1cnccn1)C1CCCCC1.